The molecule has 4 rings (SSSR count). The van der Waals surface area contributed by atoms with E-state index in [4.69, 9.17) is 11.6 Å². The Kier molecular flexibility index (Phi) is 5.76. The Morgan fingerprint density at radius 3 is 2.38 bits per heavy atom. The summed E-state index contributed by atoms with van der Waals surface area (Å²) in [5.41, 5.74) is 4.11. The Hall–Kier alpha value is -2.53. The van der Waals surface area contributed by atoms with Crippen LogP contribution in [0.15, 0.2) is 42.5 Å². The van der Waals surface area contributed by atoms with Gasteiger partial charge in [-0.3, -0.25) is 9.59 Å². The topological polar surface area (TPSA) is 43.9 Å². The quantitative estimate of drug-likeness (QED) is 0.769. The fourth-order valence-corrected chi connectivity index (χ4v) is 4.27. The molecule has 6 heteroatoms. The van der Waals surface area contributed by atoms with Crippen LogP contribution < -0.4 is 4.90 Å². The third-order valence-corrected chi connectivity index (χ3v) is 6.06. The van der Waals surface area contributed by atoms with Crippen LogP contribution in [0.5, 0.6) is 0 Å². The number of amides is 2. The van der Waals surface area contributed by atoms with Gasteiger partial charge in [-0.25, -0.2) is 0 Å². The van der Waals surface area contributed by atoms with E-state index in [-0.39, 0.29) is 11.8 Å². The van der Waals surface area contributed by atoms with Gasteiger partial charge in [0.05, 0.1) is 0 Å². The highest BCUT2D eigenvalue weighted by atomic mass is 35.5. The van der Waals surface area contributed by atoms with Gasteiger partial charge in [0.2, 0.25) is 5.91 Å². The summed E-state index contributed by atoms with van der Waals surface area (Å²) in [5, 5.41) is 0.736. The highest BCUT2D eigenvalue weighted by molar-refractivity contribution is 6.30. The molecule has 2 saturated heterocycles. The molecular weight excluding hydrogens is 386 g/mol. The molecule has 0 atom stereocenters. The van der Waals surface area contributed by atoms with Crippen LogP contribution in [0.25, 0.3) is 0 Å². The molecule has 0 aliphatic carbocycles. The summed E-state index contributed by atoms with van der Waals surface area (Å²) in [4.78, 5) is 30.8. The molecule has 2 heterocycles. The van der Waals surface area contributed by atoms with E-state index in [9.17, 15) is 9.59 Å². The number of piperazine rings is 1. The largest absolute Gasteiger partial charge is 0.368 e. The molecule has 2 aliphatic rings. The SMILES string of the molecule is Cc1ccc(Cl)cc1N1CCN(C(=O)c2ccc(CN3CCCC3=O)cc2)CC1. The highest BCUT2D eigenvalue weighted by Gasteiger charge is 2.24. The van der Waals surface area contributed by atoms with Crippen LogP contribution in [0, 0.1) is 6.92 Å². The molecule has 152 valence electrons. The lowest BCUT2D eigenvalue weighted by Gasteiger charge is -2.37. The monoisotopic (exact) mass is 411 g/mol. The van der Waals surface area contributed by atoms with Crippen molar-refractivity contribution in [3.8, 4) is 0 Å². The zero-order valence-electron chi connectivity index (χ0n) is 16.7. The van der Waals surface area contributed by atoms with Gasteiger partial charge in [0.15, 0.2) is 0 Å². The first-order chi connectivity index (χ1) is 14.0. The number of hydrogen-bond acceptors (Lipinski definition) is 3. The minimum atomic E-state index is 0.0660. The first-order valence-electron chi connectivity index (χ1n) is 10.2. The van der Waals surface area contributed by atoms with Gasteiger partial charge in [0.1, 0.15) is 0 Å². The van der Waals surface area contributed by atoms with Gasteiger partial charge < -0.3 is 14.7 Å². The Balaban J connectivity index is 1.35. The van der Waals surface area contributed by atoms with E-state index in [1.54, 1.807) is 0 Å². The molecule has 0 N–H and O–H groups in total. The maximum absolute atomic E-state index is 12.9. The average molecular weight is 412 g/mol. The Morgan fingerprint density at radius 2 is 1.72 bits per heavy atom. The summed E-state index contributed by atoms with van der Waals surface area (Å²) >= 11 is 6.16. The molecule has 0 spiro atoms. The van der Waals surface area contributed by atoms with E-state index < -0.39 is 0 Å². The van der Waals surface area contributed by atoms with Gasteiger partial charge >= 0.3 is 0 Å². The molecule has 0 unspecified atom stereocenters. The summed E-state index contributed by atoms with van der Waals surface area (Å²) in [6.45, 7) is 6.51. The van der Waals surface area contributed by atoms with Crippen molar-refractivity contribution in [2.45, 2.75) is 26.3 Å². The predicted octanol–water partition coefficient (Wildman–Crippen LogP) is 3.73. The van der Waals surface area contributed by atoms with Crippen LogP contribution in [0.1, 0.15) is 34.3 Å². The lowest BCUT2D eigenvalue weighted by atomic mass is 10.1. The average Bonchev–Trinajstić information content (AvgIpc) is 3.14. The Labute approximate surface area is 176 Å². The molecular formula is C23H26ClN3O2. The van der Waals surface area contributed by atoms with Crippen molar-refractivity contribution >= 4 is 29.1 Å². The molecule has 2 fully saturated rings. The molecule has 2 aromatic carbocycles. The van der Waals surface area contributed by atoms with Crippen LogP contribution in [-0.4, -0.2) is 54.3 Å². The number of rotatable bonds is 4. The third-order valence-electron chi connectivity index (χ3n) is 5.82. The summed E-state index contributed by atoms with van der Waals surface area (Å²) < 4.78 is 0. The molecule has 0 bridgehead atoms. The van der Waals surface area contributed by atoms with Crippen LogP contribution >= 0.6 is 11.6 Å². The second-order valence-corrected chi connectivity index (χ2v) is 8.26. The van der Waals surface area contributed by atoms with Crippen LogP contribution in [0.4, 0.5) is 5.69 Å². The van der Waals surface area contributed by atoms with Gasteiger partial charge in [-0.05, 0) is 48.7 Å². The van der Waals surface area contributed by atoms with E-state index in [0.29, 0.717) is 31.6 Å². The normalized spacial score (nSPS) is 17.2. The fourth-order valence-electron chi connectivity index (χ4n) is 4.10. The van der Waals surface area contributed by atoms with Crippen molar-refractivity contribution in [1.82, 2.24) is 9.80 Å². The summed E-state index contributed by atoms with van der Waals surface area (Å²) in [5.74, 6) is 0.286. The van der Waals surface area contributed by atoms with E-state index in [1.807, 2.05) is 52.3 Å². The number of aryl methyl sites for hydroxylation is 1. The highest BCUT2D eigenvalue weighted by Crippen LogP contribution is 2.25. The van der Waals surface area contributed by atoms with Crippen molar-refractivity contribution in [1.29, 1.82) is 0 Å². The summed E-state index contributed by atoms with van der Waals surface area (Å²) in [6, 6.07) is 13.6. The minimum Gasteiger partial charge on any atom is -0.368 e. The van der Waals surface area contributed by atoms with Gasteiger partial charge in [0, 0.05) is 62.0 Å². The van der Waals surface area contributed by atoms with Crippen molar-refractivity contribution in [2.24, 2.45) is 0 Å². The maximum Gasteiger partial charge on any atom is 0.253 e. The Bertz CT molecular complexity index is 905. The summed E-state index contributed by atoms with van der Waals surface area (Å²) in [7, 11) is 0. The number of halogens is 1. The first-order valence-corrected chi connectivity index (χ1v) is 10.6. The number of benzene rings is 2. The van der Waals surface area contributed by atoms with Gasteiger partial charge in [0.25, 0.3) is 5.91 Å². The molecule has 0 radical (unpaired) electrons. The third kappa shape index (κ3) is 4.40. The molecule has 2 aromatic rings. The Morgan fingerprint density at radius 1 is 1.00 bits per heavy atom. The van der Waals surface area contributed by atoms with Crippen molar-refractivity contribution in [3.05, 3.63) is 64.2 Å². The van der Waals surface area contributed by atoms with E-state index in [1.165, 1.54) is 5.56 Å². The molecule has 5 nitrogen and oxygen atoms in total. The fraction of sp³-hybridized carbons (Fsp3) is 0.391. The zero-order chi connectivity index (χ0) is 20.4. The lowest BCUT2D eigenvalue weighted by molar-refractivity contribution is -0.128. The second-order valence-electron chi connectivity index (χ2n) is 7.83. The minimum absolute atomic E-state index is 0.0660. The maximum atomic E-state index is 12.9. The first kappa shape index (κ1) is 19.8. The summed E-state index contributed by atoms with van der Waals surface area (Å²) in [6.07, 6.45) is 1.59. The van der Waals surface area contributed by atoms with E-state index >= 15 is 0 Å². The van der Waals surface area contributed by atoms with Crippen molar-refractivity contribution in [2.75, 3.05) is 37.6 Å². The van der Waals surface area contributed by atoms with E-state index in [2.05, 4.69) is 11.8 Å². The molecule has 0 aromatic heterocycles. The number of carbonyl (C=O) groups is 2. The van der Waals surface area contributed by atoms with Gasteiger partial charge in [-0.15, -0.1) is 0 Å². The number of hydrogen-bond donors (Lipinski definition) is 0. The van der Waals surface area contributed by atoms with Crippen molar-refractivity contribution < 1.29 is 9.59 Å². The molecule has 2 amide bonds. The zero-order valence-corrected chi connectivity index (χ0v) is 17.5. The number of anilines is 1. The smallest absolute Gasteiger partial charge is 0.253 e. The molecule has 29 heavy (non-hydrogen) atoms. The lowest BCUT2D eigenvalue weighted by Crippen LogP contribution is -2.49. The van der Waals surface area contributed by atoms with Crippen LogP contribution in [0.2, 0.25) is 5.02 Å². The van der Waals surface area contributed by atoms with E-state index in [0.717, 1.165) is 42.3 Å². The van der Waals surface area contributed by atoms with Crippen LogP contribution in [0.3, 0.4) is 0 Å². The van der Waals surface area contributed by atoms with Gasteiger partial charge in [-0.2, -0.15) is 0 Å². The number of carbonyl (C=O) groups excluding carboxylic acids is 2. The molecule has 0 saturated carbocycles. The van der Waals surface area contributed by atoms with Crippen LogP contribution in [-0.2, 0) is 11.3 Å². The number of nitrogens with zero attached hydrogens (tertiary/aromatic N) is 3. The predicted molar refractivity (Wildman–Crippen MR) is 115 cm³/mol. The molecule has 2 aliphatic heterocycles. The second kappa shape index (κ2) is 8.46. The van der Waals surface area contributed by atoms with Crippen molar-refractivity contribution in [3.63, 3.8) is 0 Å². The van der Waals surface area contributed by atoms with Gasteiger partial charge in [-0.1, -0.05) is 29.8 Å². The standard InChI is InChI=1S/C23H26ClN3O2/c1-17-4-9-20(24)15-21(17)25-11-13-26(14-12-25)23(29)19-7-5-18(6-8-19)16-27-10-2-3-22(27)28/h4-9,15H,2-3,10-14,16H2,1H3. The number of likely N-dealkylation sites (tertiary alicyclic amines) is 1.